The van der Waals surface area contributed by atoms with Gasteiger partial charge in [0.05, 0.1) is 17.9 Å². The summed E-state index contributed by atoms with van der Waals surface area (Å²) in [6.07, 6.45) is 2.16. The fraction of sp³-hybridized carbons (Fsp3) is 0.304. The normalized spacial score (nSPS) is 13.9. The van der Waals surface area contributed by atoms with Crippen molar-refractivity contribution in [3.63, 3.8) is 0 Å². The first-order valence-electron chi connectivity index (χ1n) is 9.99. The van der Waals surface area contributed by atoms with E-state index in [9.17, 15) is 9.59 Å². The van der Waals surface area contributed by atoms with E-state index in [4.69, 9.17) is 4.42 Å². The fourth-order valence-corrected chi connectivity index (χ4v) is 3.85. The molecule has 0 spiro atoms. The van der Waals surface area contributed by atoms with Crippen LogP contribution in [0.3, 0.4) is 0 Å². The molecule has 1 saturated heterocycles. The van der Waals surface area contributed by atoms with Crippen LogP contribution in [-0.2, 0) is 17.8 Å². The summed E-state index contributed by atoms with van der Waals surface area (Å²) in [5.74, 6) is 0.992. The summed E-state index contributed by atoms with van der Waals surface area (Å²) in [7, 11) is 1.76. The Hall–Kier alpha value is -3.28. The Morgan fingerprint density at radius 2 is 1.93 bits per heavy atom. The molecular formula is C23H25N3O3. The molecule has 1 aromatic heterocycles. The highest BCUT2D eigenvalue weighted by Gasteiger charge is 2.25. The Bertz CT molecular complexity index is 1060. The van der Waals surface area contributed by atoms with Crippen molar-refractivity contribution < 1.29 is 14.0 Å². The van der Waals surface area contributed by atoms with Gasteiger partial charge >= 0.3 is 6.03 Å². The van der Waals surface area contributed by atoms with E-state index in [0.29, 0.717) is 25.2 Å². The molecule has 1 aliphatic rings. The monoisotopic (exact) mass is 391 g/mol. The van der Waals surface area contributed by atoms with E-state index in [-0.39, 0.29) is 11.9 Å². The maximum Gasteiger partial charge on any atom is 0.321 e. The largest absolute Gasteiger partial charge is 0.461 e. The molecule has 3 aromatic rings. The van der Waals surface area contributed by atoms with Gasteiger partial charge in [0.25, 0.3) is 0 Å². The Morgan fingerprint density at radius 1 is 1.17 bits per heavy atom. The van der Waals surface area contributed by atoms with Crippen LogP contribution >= 0.6 is 0 Å². The summed E-state index contributed by atoms with van der Waals surface area (Å²) >= 11 is 0. The molecule has 2 heterocycles. The van der Waals surface area contributed by atoms with E-state index in [1.165, 1.54) is 0 Å². The molecule has 6 nitrogen and oxygen atoms in total. The zero-order valence-corrected chi connectivity index (χ0v) is 16.8. The van der Waals surface area contributed by atoms with Gasteiger partial charge in [0.15, 0.2) is 0 Å². The third-order valence-electron chi connectivity index (χ3n) is 5.35. The van der Waals surface area contributed by atoms with Crippen LogP contribution in [0.25, 0.3) is 11.0 Å². The second-order valence-corrected chi connectivity index (χ2v) is 7.31. The Morgan fingerprint density at radius 3 is 2.69 bits per heavy atom. The lowest BCUT2D eigenvalue weighted by molar-refractivity contribution is -0.117. The Balaban J connectivity index is 1.54. The molecule has 0 bridgehead atoms. The van der Waals surface area contributed by atoms with Crippen LogP contribution in [0.5, 0.6) is 0 Å². The van der Waals surface area contributed by atoms with Gasteiger partial charge in [0, 0.05) is 37.4 Å². The first kappa shape index (κ1) is 19.1. The lowest BCUT2D eigenvalue weighted by Crippen LogP contribution is -2.32. The van der Waals surface area contributed by atoms with Gasteiger partial charge in [-0.3, -0.25) is 4.79 Å². The van der Waals surface area contributed by atoms with Crippen molar-refractivity contribution in [2.45, 2.75) is 32.7 Å². The topological polar surface area (TPSA) is 65.8 Å². The number of carbonyl (C=O) groups excluding carboxylic acids is 2. The molecule has 0 unspecified atom stereocenters. The van der Waals surface area contributed by atoms with Crippen LogP contribution in [0.15, 0.2) is 52.9 Å². The fourth-order valence-electron chi connectivity index (χ4n) is 3.85. The highest BCUT2D eigenvalue weighted by atomic mass is 16.3. The van der Waals surface area contributed by atoms with E-state index >= 15 is 0 Å². The number of carbonyl (C=O) groups is 2. The SMILES string of the molecule is CCc1oc2ccccc2c1CN(C)C(=O)Nc1ccccc1N1CCCC1=O. The number of furan rings is 1. The van der Waals surface area contributed by atoms with E-state index in [1.807, 2.05) is 55.5 Å². The minimum atomic E-state index is -0.226. The van der Waals surface area contributed by atoms with Crippen molar-refractivity contribution in [3.8, 4) is 0 Å². The summed E-state index contributed by atoms with van der Waals surface area (Å²) < 4.78 is 5.94. The minimum absolute atomic E-state index is 0.0949. The predicted octanol–water partition coefficient (Wildman–Crippen LogP) is 4.79. The lowest BCUT2D eigenvalue weighted by Gasteiger charge is -2.23. The number of nitrogens with one attached hydrogen (secondary N) is 1. The Labute approximate surface area is 170 Å². The van der Waals surface area contributed by atoms with E-state index in [1.54, 1.807) is 16.8 Å². The summed E-state index contributed by atoms with van der Waals surface area (Å²) in [6.45, 7) is 3.17. The first-order valence-corrected chi connectivity index (χ1v) is 9.99. The smallest absolute Gasteiger partial charge is 0.321 e. The summed E-state index contributed by atoms with van der Waals surface area (Å²) in [6, 6.07) is 15.1. The van der Waals surface area contributed by atoms with Crippen molar-refractivity contribution in [3.05, 3.63) is 59.9 Å². The van der Waals surface area contributed by atoms with Crippen LogP contribution in [0.2, 0.25) is 0 Å². The molecule has 0 saturated carbocycles. The molecule has 1 fully saturated rings. The molecule has 1 N–H and O–H groups in total. The van der Waals surface area contributed by atoms with Crippen molar-refractivity contribution >= 4 is 34.3 Å². The molecule has 4 rings (SSSR count). The molecule has 0 atom stereocenters. The number of amides is 3. The molecule has 1 aliphatic heterocycles. The zero-order chi connectivity index (χ0) is 20.4. The number of para-hydroxylation sites is 3. The van der Waals surface area contributed by atoms with Gasteiger partial charge in [0.2, 0.25) is 5.91 Å². The third-order valence-corrected chi connectivity index (χ3v) is 5.35. The van der Waals surface area contributed by atoms with Crippen LogP contribution in [-0.4, -0.2) is 30.4 Å². The number of benzene rings is 2. The van der Waals surface area contributed by atoms with Crippen molar-refractivity contribution in [2.75, 3.05) is 23.8 Å². The van der Waals surface area contributed by atoms with Gasteiger partial charge in [-0.25, -0.2) is 4.79 Å². The van der Waals surface area contributed by atoms with Crippen molar-refractivity contribution in [2.24, 2.45) is 0 Å². The number of rotatable bonds is 5. The zero-order valence-electron chi connectivity index (χ0n) is 16.8. The number of hydrogen-bond acceptors (Lipinski definition) is 3. The summed E-state index contributed by atoms with van der Waals surface area (Å²) in [5.41, 5.74) is 3.27. The van der Waals surface area contributed by atoms with Gasteiger partial charge in [-0.15, -0.1) is 0 Å². The highest BCUT2D eigenvalue weighted by Crippen LogP contribution is 2.30. The standard InChI is InChI=1S/C23H25N3O3/c1-3-20-17(16-9-4-7-12-21(16)29-20)15-25(2)23(28)24-18-10-5-6-11-19(18)26-14-8-13-22(26)27/h4-7,9-12H,3,8,13-15H2,1-2H3,(H,24,28). The van der Waals surface area contributed by atoms with Crippen LogP contribution in [0.1, 0.15) is 31.1 Å². The van der Waals surface area contributed by atoms with Gasteiger partial charge in [-0.2, -0.15) is 0 Å². The van der Waals surface area contributed by atoms with Gasteiger partial charge < -0.3 is 19.5 Å². The van der Waals surface area contributed by atoms with Crippen LogP contribution < -0.4 is 10.2 Å². The average molecular weight is 391 g/mol. The summed E-state index contributed by atoms with van der Waals surface area (Å²) in [4.78, 5) is 28.4. The van der Waals surface area contributed by atoms with Crippen LogP contribution in [0, 0.1) is 0 Å². The van der Waals surface area contributed by atoms with Gasteiger partial charge in [-0.05, 0) is 24.6 Å². The number of hydrogen-bond donors (Lipinski definition) is 1. The molecule has 29 heavy (non-hydrogen) atoms. The first-order chi connectivity index (χ1) is 14.1. The number of anilines is 2. The molecule has 0 radical (unpaired) electrons. The molecule has 0 aliphatic carbocycles. The Kier molecular flexibility index (Phi) is 5.25. The quantitative estimate of drug-likeness (QED) is 0.680. The lowest BCUT2D eigenvalue weighted by atomic mass is 10.1. The molecule has 2 aromatic carbocycles. The molecule has 150 valence electrons. The maximum absolute atomic E-state index is 12.9. The van der Waals surface area contributed by atoms with E-state index in [2.05, 4.69) is 5.32 Å². The van der Waals surface area contributed by atoms with Crippen LogP contribution in [0.4, 0.5) is 16.2 Å². The second kappa shape index (κ2) is 7.99. The molecule has 3 amide bonds. The average Bonchev–Trinajstić information content (AvgIpc) is 3.31. The number of nitrogens with zero attached hydrogens (tertiary/aromatic N) is 2. The summed E-state index contributed by atoms with van der Waals surface area (Å²) in [5, 5.41) is 4.00. The number of aryl methyl sites for hydroxylation is 1. The number of fused-ring (bicyclic) bond motifs is 1. The van der Waals surface area contributed by atoms with Crippen molar-refractivity contribution in [1.29, 1.82) is 0 Å². The van der Waals surface area contributed by atoms with E-state index < -0.39 is 0 Å². The van der Waals surface area contributed by atoms with Gasteiger partial charge in [-0.1, -0.05) is 37.3 Å². The predicted molar refractivity (Wildman–Crippen MR) is 114 cm³/mol. The number of urea groups is 1. The molecular weight excluding hydrogens is 366 g/mol. The molecule has 6 heteroatoms. The van der Waals surface area contributed by atoms with E-state index in [0.717, 1.165) is 40.8 Å². The van der Waals surface area contributed by atoms with Gasteiger partial charge in [0.1, 0.15) is 11.3 Å². The second-order valence-electron chi connectivity index (χ2n) is 7.31. The maximum atomic E-state index is 12.9. The highest BCUT2D eigenvalue weighted by molar-refractivity contribution is 6.01. The third kappa shape index (κ3) is 3.70. The minimum Gasteiger partial charge on any atom is -0.461 e. The van der Waals surface area contributed by atoms with Crippen molar-refractivity contribution in [1.82, 2.24) is 4.90 Å².